The Bertz CT molecular complexity index is 953. The summed E-state index contributed by atoms with van der Waals surface area (Å²) in [6.07, 6.45) is 0. The number of hydrogen-bond acceptors (Lipinski definition) is 4. The maximum atomic E-state index is 13.2. The van der Waals surface area contributed by atoms with E-state index in [0.717, 1.165) is 6.07 Å². The predicted octanol–water partition coefficient (Wildman–Crippen LogP) is 2.32. The molecule has 3 rings (SSSR count). The fourth-order valence-corrected chi connectivity index (χ4v) is 2.24. The molecule has 0 spiro atoms. The van der Waals surface area contributed by atoms with E-state index in [0.29, 0.717) is 16.5 Å². The third-order valence-corrected chi connectivity index (χ3v) is 3.32. The number of nitrogens with one attached hydrogen (secondary N) is 2. The van der Waals surface area contributed by atoms with E-state index >= 15 is 0 Å². The molecule has 0 radical (unpaired) electrons. The quantitative estimate of drug-likeness (QED) is 0.777. The maximum absolute atomic E-state index is 13.2. The van der Waals surface area contributed by atoms with E-state index in [9.17, 15) is 14.0 Å². The lowest BCUT2D eigenvalue weighted by Crippen LogP contribution is -2.19. The van der Waals surface area contributed by atoms with Gasteiger partial charge < -0.3 is 10.1 Å². The number of carbonyl (C=O) groups is 1. The fraction of sp³-hybridized carbons (Fsp3) is 0.0625. The van der Waals surface area contributed by atoms with Crippen LogP contribution in [0.3, 0.4) is 0 Å². The summed E-state index contributed by atoms with van der Waals surface area (Å²) in [5.74, 6) is -0.832. The Labute approximate surface area is 129 Å². The number of H-pyrrole nitrogens is 1. The highest BCUT2D eigenvalue weighted by Crippen LogP contribution is 2.25. The van der Waals surface area contributed by atoms with Crippen molar-refractivity contribution < 1.29 is 13.9 Å². The molecule has 3 aromatic rings. The number of methoxy groups -OCH3 is 1. The van der Waals surface area contributed by atoms with Gasteiger partial charge in [0.2, 0.25) is 0 Å². The van der Waals surface area contributed by atoms with Crippen LogP contribution in [0.2, 0.25) is 0 Å². The van der Waals surface area contributed by atoms with Gasteiger partial charge in [0.1, 0.15) is 11.6 Å². The van der Waals surface area contributed by atoms with Crippen LogP contribution in [0.25, 0.3) is 10.8 Å². The van der Waals surface area contributed by atoms with Gasteiger partial charge in [-0.2, -0.15) is 5.10 Å². The highest BCUT2D eigenvalue weighted by atomic mass is 19.1. The lowest BCUT2D eigenvalue weighted by molar-refractivity contribution is 0.102. The number of benzene rings is 2. The van der Waals surface area contributed by atoms with Crippen molar-refractivity contribution in [3.63, 3.8) is 0 Å². The van der Waals surface area contributed by atoms with Crippen LogP contribution in [0.1, 0.15) is 10.5 Å². The maximum Gasteiger partial charge on any atom is 0.276 e. The van der Waals surface area contributed by atoms with Gasteiger partial charge in [-0.3, -0.25) is 9.59 Å². The molecule has 2 N–H and O–H groups in total. The average molecular weight is 313 g/mol. The normalized spacial score (nSPS) is 10.5. The van der Waals surface area contributed by atoms with E-state index in [4.69, 9.17) is 4.74 Å². The van der Waals surface area contributed by atoms with Crippen LogP contribution in [0, 0.1) is 5.82 Å². The van der Waals surface area contributed by atoms with Crippen molar-refractivity contribution in [1.29, 1.82) is 0 Å². The molecule has 7 heteroatoms. The van der Waals surface area contributed by atoms with Crippen molar-refractivity contribution in [2.24, 2.45) is 0 Å². The third-order valence-electron chi connectivity index (χ3n) is 3.32. The monoisotopic (exact) mass is 313 g/mol. The van der Waals surface area contributed by atoms with Gasteiger partial charge in [0.05, 0.1) is 18.2 Å². The number of halogens is 1. The highest BCUT2D eigenvalue weighted by Gasteiger charge is 2.16. The lowest BCUT2D eigenvalue weighted by atomic mass is 10.1. The topological polar surface area (TPSA) is 84.1 Å². The Morgan fingerprint density at radius 2 is 1.96 bits per heavy atom. The average Bonchev–Trinajstić information content (AvgIpc) is 2.57. The summed E-state index contributed by atoms with van der Waals surface area (Å²) >= 11 is 0. The molecule has 6 nitrogen and oxygen atoms in total. The molecule has 1 amide bonds. The Hall–Kier alpha value is -3.22. The Morgan fingerprint density at radius 1 is 1.22 bits per heavy atom. The summed E-state index contributed by atoms with van der Waals surface area (Å²) in [5, 5.41) is 9.49. The number of amides is 1. The first-order chi connectivity index (χ1) is 11.1. The van der Waals surface area contributed by atoms with Gasteiger partial charge in [-0.15, -0.1) is 0 Å². The lowest BCUT2D eigenvalue weighted by Gasteiger charge is -2.10. The van der Waals surface area contributed by atoms with Gasteiger partial charge in [-0.1, -0.05) is 18.2 Å². The van der Waals surface area contributed by atoms with Gasteiger partial charge in [0.25, 0.3) is 11.5 Å². The predicted molar refractivity (Wildman–Crippen MR) is 83.3 cm³/mol. The molecule has 2 aromatic carbocycles. The molecule has 0 unspecified atom stereocenters. The first-order valence-electron chi connectivity index (χ1n) is 6.72. The fourth-order valence-electron chi connectivity index (χ4n) is 2.24. The van der Waals surface area contributed by atoms with Crippen molar-refractivity contribution in [3.05, 3.63) is 64.3 Å². The molecule has 0 aliphatic heterocycles. The molecule has 23 heavy (non-hydrogen) atoms. The second-order valence-corrected chi connectivity index (χ2v) is 4.75. The summed E-state index contributed by atoms with van der Waals surface area (Å²) in [4.78, 5) is 24.2. The molecule has 0 fully saturated rings. The van der Waals surface area contributed by atoms with E-state index in [1.54, 1.807) is 24.3 Å². The molecule has 0 saturated heterocycles. The highest BCUT2D eigenvalue weighted by molar-refractivity contribution is 6.11. The van der Waals surface area contributed by atoms with Gasteiger partial charge in [-0.25, -0.2) is 9.49 Å². The molecule has 1 heterocycles. The second-order valence-electron chi connectivity index (χ2n) is 4.75. The Morgan fingerprint density at radius 3 is 2.70 bits per heavy atom. The van der Waals surface area contributed by atoms with Crippen LogP contribution in [-0.2, 0) is 0 Å². The smallest absolute Gasteiger partial charge is 0.276 e. The number of nitrogens with zero attached hydrogens (tertiary/aromatic N) is 1. The number of fused-ring (bicyclic) bond motifs is 1. The zero-order valence-corrected chi connectivity index (χ0v) is 12.1. The van der Waals surface area contributed by atoms with Crippen molar-refractivity contribution >= 4 is 22.4 Å². The van der Waals surface area contributed by atoms with E-state index < -0.39 is 11.7 Å². The van der Waals surface area contributed by atoms with Crippen LogP contribution < -0.4 is 15.6 Å². The van der Waals surface area contributed by atoms with Gasteiger partial charge in [-0.05, 0) is 18.2 Å². The summed E-state index contributed by atoms with van der Waals surface area (Å²) in [6.45, 7) is 0. The SMILES string of the molecule is COc1cc(F)ccc1NC(=O)c1n[nH]c(=O)c2ccccc12. The van der Waals surface area contributed by atoms with Crippen molar-refractivity contribution in [2.45, 2.75) is 0 Å². The van der Waals surface area contributed by atoms with E-state index in [1.165, 1.54) is 19.2 Å². The third kappa shape index (κ3) is 2.76. The number of aromatic nitrogens is 2. The second kappa shape index (κ2) is 5.88. The minimum absolute atomic E-state index is 0.0616. The van der Waals surface area contributed by atoms with Crippen LogP contribution in [0.5, 0.6) is 5.75 Å². The first kappa shape index (κ1) is 14.7. The summed E-state index contributed by atoms with van der Waals surface area (Å²) in [5.41, 5.74) is -0.0147. The van der Waals surface area contributed by atoms with Crippen LogP contribution in [0.15, 0.2) is 47.3 Å². The summed E-state index contributed by atoms with van der Waals surface area (Å²) in [6, 6.07) is 10.4. The Kier molecular flexibility index (Phi) is 3.76. The van der Waals surface area contributed by atoms with Gasteiger partial charge in [0.15, 0.2) is 5.69 Å². The number of rotatable bonds is 3. The number of hydrogen-bond donors (Lipinski definition) is 2. The van der Waals surface area contributed by atoms with Gasteiger partial charge >= 0.3 is 0 Å². The largest absolute Gasteiger partial charge is 0.494 e. The van der Waals surface area contributed by atoms with Crippen molar-refractivity contribution in [3.8, 4) is 5.75 Å². The van der Waals surface area contributed by atoms with E-state index in [-0.39, 0.29) is 17.0 Å². The number of aromatic amines is 1. The standard InChI is InChI=1S/C16H12FN3O3/c1-23-13-8-9(17)6-7-12(13)18-16(22)14-10-4-2-3-5-11(10)15(21)20-19-14/h2-8H,1H3,(H,18,22)(H,20,21). The van der Waals surface area contributed by atoms with Crippen LogP contribution in [0.4, 0.5) is 10.1 Å². The zero-order chi connectivity index (χ0) is 16.4. The summed E-state index contributed by atoms with van der Waals surface area (Å²) in [7, 11) is 1.37. The Balaban J connectivity index is 2.02. The van der Waals surface area contributed by atoms with Crippen LogP contribution >= 0.6 is 0 Å². The zero-order valence-electron chi connectivity index (χ0n) is 12.1. The summed E-state index contributed by atoms with van der Waals surface area (Å²) < 4.78 is 18.2. The molecule has 116 valence electrons. The van der Waals surface area contributed by atoms with E-state index in [1.807, 2.05) is 0 Å². The number of anilines is 1. The molecule has 0 aliphatic rings. The van der Waals surface area contributed by atoms with Gasteiger partial charge in [0, 0.05) is 11.5 Å². The van der Waals surface area contributed by atoms with Crippen LogP contribution in [-0.4, -0.2) is 23.2 Å². The molecular weight excluding hydrogens is 301 g/mol. The first-order valence-corrected chi connectivity index (χ1v) is 6.72. The number of carbonyl (C=O) groups excluding carboxylic acids is 1. The van der Waals surface area contributed by atoms with Crippen molar-refractivity contribution in [1.82, 2.24) is 10.2 Å². The molecular formula is C16H12FN3O3. The molecule has 0 bridgehead atoms. The minimum atomic E-state index is -0.539. The van der Waals surface area contributed by atoms with E-state index in [2.05, 4.69) is 15.5 Å². The molecule has 0 saturated carbocycles. The molecule has 1 aromatic heterocycles. The molecule has 0 aliphatic carbocycles. The molecule has 0 atom stereocenters. The number of ether oxygens (including phenoxy) is 1. The van der Waals surface area contributed by atoms with Crippen molar-refractivity contribution in [2.75, 3.05) is 12.4 Å². The minimum Gasteiger partial charge on any atom is -0.494 e.